The average Bonchev–Trinajstić information content (AvgIpc) is 2.85. The van der Waals surface area contributed by atoms with Gasteiger partial charge in [-0.15, -0.1) is 0 Å². The van der Waals surface area contributed by atoms with Crippen molar-refractivity contribution in [3.63, 3.8) is 0 Å². The predicted octanol–water partition coefficient (Wildman–Crippen LogP) is 0.599. The molecule has 1 fully saturated rings. The van der Waals surface area contributed by atoms with Crippen LogP contribution in [0.2, 0.25) is 0 Å². The van der Waals surface area contributed by atoms with E-state index in [9.17, 15) is 9.59 Å². The maximum Gasteiger partial charge on any atom is 0.284 e. The molecule has 82 valence electrons. The van der Waals surface area contributed by atoms with E-state index in [-0.39, 0.29) is 18.2 Å². The number of furan rings is 1. The second kappa shape index (κ2) is 2.75. The van der Waals surface area contributed by atoms with Crippen LogP contribution in [0.3, 0.4) is 0 Å². The van der Waals surface area contributed by atoms with Gasteiger partial charge in [-0.05, 0) is 6.08 Å². The molecule has 1 aliphatic carbocycles. The van der Waals surface area contributed by atoms with Crippen molar-refractivity contribution < 1.29 is 18.7 Å². The first-order valence-corrected chi connectivity index (χ1v) is 4.87. The van der Waals surface area contributed by atoms with E-state index in [2.05, 4.69) is 5.32 Å². The maximum absolute atomic E-state index is 11.8. The lowest BCUT2D eigenvalue weighted by Gasteiger charge is -2.15. The molecule has 0 bridgehead atoms. The third-order valence-electron chi connectivity index (χ3n) is 3.04. The molecule has 1 spiro atoms. The van der Waals surface area contributed by atoms with Gasteiger partial charge in [-0.1, -0.05) is 6.08 Å². The van der Waals surface area contributed by atoms with E-state index in [1.54, 1.807) is 18.2 Å². The van der Waals surface area contributed by atoms with E-state index in [4.69, 9.17) is 9.15 Å². The molecule has 1 unspecified atom stereocenters. The molecular formula is C11H9NO4. The molecule has 1 aliphatic heterocycles. The minimum absolute atomic E-state index is 0.137. The standard InChI is InChI=1S/C11H9NO4/c1-15-9-4-6-7(16-9)2-3-11(6)5-8(13)12-10(11)14/h2-4H,5H2,1H3,(H,12,13,14). The van der Waals surface area contributed by atoms with Gasteiger partial charge in [0.05, 0.1) is 7.11 Å². The molecular weight excluding hydrogens is 210 g/mol. The van der Waals surface area contributed by atoms with Crippen LogP contribution >= 0.6 is 0 Å². The number of fused-ring (bicyclic) bond motifs is 2. The van der Waals surface area contributed by atoms with Crippen molar-refractivity contribution in [2.24, 2.45) is 0 Å². The largest absolute Gasteiger partial charge is 0.468 e. The van der Waals surface area contributed by atoms with Crippen molar-refractivity contribution in [3.05, 3.63) is 23.5 Å². The maximum atomic E-state index is 11.8. The van der Waals surface area contributed by atoms with Crippen molar-refractivity contribution in [1.82, 2.24) is 5.32 Å². The third-order valence-corrected chi connectivity index (χ3v) is 3.04. The molecule has 0 aromatic carbocycles. The van der Waals surface area contributed by atoms with Crippen LogP contribution < -0.4 is 10.1 Å². The van der Waals surface area contributed by atoms with Crippen LogP contribution in [-0.2, 0) is 15.0 Å². The zero-order chi connectivity index (χ0) is 11.3. The molecule has 2 aliphatic rings. The van der Waals surface area contributed by atoms with Crippen molar-refractivity contribution in [3.8, 4) is 5.95 Å². The first kappa shape index (κ1) is 9.21. The number of nitrogens with one attached hydrogen (secondary N) is 1. The summed E-state index contributed by atoms with van der Waals surface area (Å²) in [6.45, 7) is 0. The van der Waals surface area contributed by atoms with Crippen LogP contribution in [0.5, 0.6) is 5.95 Å². The van der Waals surface area contributed by atoms with Crippen molar-refractivity contribution in [2.75, 3.05) is 7.11 Å². The number of hydrogen-bond donors (Lipinski definition) is 1. The Morgan fingerprint density at radius 2 is 2.31 bits per heavy atom. The van der Waals surface area contributed by atoms with Crippen LogP contribution in [0.4, 0.5) is 0 Å². The van der Waals surface area contributed by atoms with E-state index in [1.807, 2.05) is 0 Å². The number of carbonyl (C=O) groups excluding carboxylic acids is 2. The lowest BCUT2D eigenvalue weighted by atomic mass is 9.82. The number of hydrogen-bond acceptors (Lipinski definition) is 4. The van der Waals surface area contributed by atoms with Crippen LogP contribution in [-0.4, -0.2) is 18.9 Å². The van der Waals surface area contributed by atoms with Gasteiger partial charge in [0.25, 0.3) is 5.95 Å². The Morgan fingerprint density at radius 3 is 2.94 bits per heavy atom. The number of ether oxygens (including phenoxy) is 1. The van der Waals surface area contributed by atoms with Crippen molar-refractivity contribution >= 4 is 17.9 Å². The fourth-order valence-electron chi connectivity index (χ4n) is 2.23. The summed E-state index contributed by atoms with van der Waals surface area (Å²) in [4.78, 5) is 23.1. The van der Waals surface area contributed by atoms with Gasteiger partial charge >= 0.3 is 0 Å². The van der Waals surface area contributed by atoms with E-state index >= 15 is 0 Å². The molecule has 1 aromatic rings. The van der Waals surface area contributed by atoms with E-state index in [0.717, 1.165) is 0 Å². The summed E-state index contributed by atoms with van der Waals surface area (Å²) in [5.74, 6) is 0.376. The third kappa shape index (κ3) is 0.946. The Bertz CT molecular complexity index is 528. The van der Waals surface area contributed by atoms with Gasteiger partial charge in [-0.3, -0.25) is 14.9 Å². The summed E-state index contributed by atoms with van der Waals surface area (Å²) in [6.07, 6.45) is 3.55. The van der Waals surface area contributed by atoms with Crippen LogP contribution in [0.15, 0.2) is 16.6 Å². The minimum atomic E-state index is -0.882. The fourth-order valence-corrected chi connectivity index (χ4v) is 2.23. The van der Waals surface area contributed by atoms with Gasteiger partial charge < -0.3 is 9.15 Å². The Balaban J connectivity index is 2.14. The fraction of sp³-hybridized carbons (Fsp3) is 0.273. The summed E-state index contributed by atoms with van der Waals surface area (Å²) < 4.78 is 10.3. The molecule has 1 N–H and O–H groups in total. The monoisotopic (exact) mass is 219 g/mol. The van der Waals surface area contributed by atoms with Gasteiger partial charge in [0.1, 0.15) is 11.2 Å². The predicted molar refractivity (Wildman–Crippen MR) is 53.7 cm³/mol. The lowest BCUT2D eigenvalue weighted by molar-refractivity contribution is -0.125. The Labute approximate surface area is 91.1 Å². The molecule has 0 radical (unpaired) electrons. The van der Waals surface area contributed by atoms with E-state index in [1.165, 1.54) is 7.11 Å². The highest BCUT2D eigenvalue weighted by Crippen LogP contribution is 2.44. The zero-order valence-electron chi connectivity index (χ0n) is 8.57. The summed E-state index contributed by atoms with van der Waals surface area (Å²) in [5, 5.41) is 2.31. The smallest absolute Gasteiger partial charge is 0.284 e. The quantitative estimate of drug-likeness (QED) is 0.702. The SMILES string of the molecule is COc1cc2c(o1)C=CC21CC(=O)NC1=O. The first-order valence-electron chi connectivity index (χ1n) is 4.87. The average molecular weight is 219 g/mol. The summed E-state index contributed by atoms with van der Waals surface area (Å²) in [7, 11) is 1.49. The molecule has 1 aromatic heterocycles. The van der Waals surface area contributed by atoms with Gasteiger partial charge in [0.15, 0.2) is 0 Å². The zero-order valence-corrected chi connectivity index (χ0v) is 8.57. The molecule has 2 heterocycles. The van der Waals surface area contributed by atoms with Gasteiger partial charge in [0.2, 0.25) is 11.8 Å². The molecule has 1 saturated heterocycles. The summed E-state index contributed by atoms with van der Waals surface area (Å²) in [5.41, 5.74) is -0.181. The number of imide groups is 1. The second-order valence-corrected chi connectivity index (χ2v) is 3.91. The second-order valence-electron chi connectivity index (χ2n) is 3.91. The first-order chi connectivity index (χ1) is 7.65. The number of amides is 2. The molecule has 1 atom stereocenters. The Kier molecular flexibility index (Phi) is 1.58. The molecule has 5 nitrogen and oxygen atoms in total. The molecule has 16 heavy (non-hydrogen) atoms. The molecule has 5 heteroatoms. The lowest BCUT2D eigenvalue weighted by Crippen LogP contribution is -2.32. The van der Waals surface area contributed by atoms with Gasteiger partial charge in [0, 0.05) is 18.1 Å². The van der Waals surface area contributed by atoms with Crippen LogP contribution in [0, 0.1) is 0 Å². The topological polar surface area (TPSA) is 68.5 Å². The van der Waals surface area contributed by atoms with Gasteiger partial charge in [-0.2, -0.15) is 0 Å². The highest BCUT2D eigenvalue weighted by atomic mass is 16.6. The summed E-state index contributed by atoms with van der Waals surface area (Å²) in [6, 6.07) is 1.66. The molecule has 3 rings (SSSR count). The van der Waals surface area contributed by atoms with Crippen LogP contribution in [0.25, 0.3) is 6.08 Å². The highest BCUT2D eigenvalue weighted by Gasteiger charge is 2.50. The molecule has 0 saturated carbocycles. The summed E-state index contributed by atoms with van der Waals surface area (Å²) >= 11 is 0. The van der Waals surface area contributed by atoms with Crippen molar-refractivity contribution in [2.45, 2.75) is 11.8 Å². The number of rotatable bonds is 1. The minimum Gasteiger partial charge on any atom is -0.468 e. The van der Waals surface area contributed by atoms with Gasteiger partial charge in [-0.25, -0.2) is 0 Å². The van der Waals surface area contributed by atoms with E-state index in [0.29, 0.717) is 17.3 Å². The Hall–Kier alpha value is -2.04. The Morgan fingerprint density at radius 1 is 1.50 bits per heavy atom. The van der Waals surface area contributed by atoms with Crippen molar-refractivity contribution in [1.29, 1.82) is 0 Å². The van der Waals surface area contributed by atoms with Crippen LogP contribution in [0.1, 0.15) is 17.7 Å². The number of carbonyl (C=O) groups is 2. The highest BCUT2D eigenvalue weighted by molar-refractivity contribution is 6.12. The number of methoxy groups -OCH3 is 1. The normalized spacial score (nSPS) is 26.3. The molecule has 2 amide bonds. The van der Waals surface area contributed by atoms with E-state index < -0.39 is 5.41 Å².